The number of halogens is 1. The minimum atomic E-state index is -0.631. The van der Waals surface area contributed by atoms with Crippen molar-refractivity contribution in [2.45, 2.75) is 12.0 Å². The summed E-state index contributed by atoms with van der Waals surface area (Å²) in [7, 11) is 1.46. The SMILES string of the molecule is COc1cc(C=NNC(=O)C2=NNC(c3ccccc3)(c3ccccc3)C2)cc(Br)c1O. The van der Waals surface area contributed by atoms with E-state index in [4.69, 9.17) is 4.74 Å². The van der Waals surface area contributed by atoms with Crippen molar-refractivity contribution in [1.82, 2.24) is 10.9 Å². The first-order chi connectivity index (χ1) is 15.5. The minimum absolute atomic E-state index is 0.00163. The average Bonchev–Trinajstić information content (AvgIpc) is 3.29. The highest BCUT2D eigenvalue weighted by Crippen LogP contribution is 2.37. The molecule has 1 heterocycles. The number of rotatable bonds is 6. The third kappa shape index (κ3) is 4.22. The Morgan fingerprint density at radius 1 is 1.16 bits per heavy atom. The second kappa shape index (κ2) is 9.23. The minimum Gasteiger partial charge on any atom is -0.503 e. The Morgan fingerprint density at radius 3 is 2.38 bits per heavy atom. The van der Waals surface area contributed by atoms with Crippen LogP contribution in [0.5, 0.6) is 11.5 Å². The van der Waals surface area contributed by atoms with Gasteiger partial charge < -0.3 is 9.84 Å². The summed E-state index contributed by atoms with van der Waals surface area (Å²) in [5.41, 5.74) is 8.11. The molecule has 0 spiro atoms. The second-order valence-corrected chi connectivity index (χ2v) is 8.09. The lowest BCUT2D eigenvalue weighted by molar-refractivity contribution is -0.114. The van der Waals surface area contributed by atoms with Crippen LogP contribution >= 0.6 is 15.9 Å². The molecule has 0 aliphatic carbocycles. The van der Waals surface area contributed by atoms with Gasteiger partial charge in [-0.15, -0.1) is 0 Å². The fraction of sp³-hybridized carbons (Fsp3) is 0.125. The van der Waals surface area contributed by atoms with E-state index in [1.165, 1.54) is 13.3 Å². The number of aromatic hydroxyl groups is 1. The molecule has 0 saturated carbocycles. The number of benzene rings is 3. The molecule has 0 fully saturated rings. The fourth-order valence-corrected chi connectivity index (χ4v) is 4.08. The van der Waals surface area contributed by atoms with E-state index in [9.17, 15) is 9.90 Å². The van der Waals surface area contributed by atoms with Gasteiger partial charge in [-0.2, -0.15) is 10.2 Å². The lowest BCUT2D eigenvalue weighted by Crippen LogP contribution is -2.38. The summed E-state index contributed by atoms with van der Waals surface area (Å²) in [6.07, 6.45) is 1.84. The molecule has 4 rings (SSSR count). The van der Waals surface area contributed by atoms with E-state index in [2.05, 4.69) is 37.0 Å². The van der Waals surface area contributed by atoms with Gasteiger partial charge in [-0.05, 0) is 44.8 Å². The molecule has 162 valence electrons. The number of phenols is 1. The summed E-state index contributed by atoms with van der Waals surface area (Å²) in [5.74, 6) is -0.0995. The molecule has 1 aliphatic heterocycles. The van der Waals surface area contributed by atoms with Crippen molar-refractivity contribution in [3.8, 4) is 11.5 Å². The molecule has 1 amide bonds. The number of hydrogen-bond acceptors (Lipinski definition) is 6. The van der Waals surface area contributed by atoms with Gasteiger partial charge in [0.15, 0.2) is 11.5 Å². The van der Waals surface area contributed by atoms with Crippen LogP contribution in [0.4, 0.5) is 0 Å². The van der Waals surface area contributed by atoms with E-state index < -0.39 is 11.4 Å². The van der Waals surface area contributed by atoms with Crippen molar-refractivity contribution in [2.24, 2.45) is 10.2 Å². The Balaban J connectivity index is 1.51. The van der Waals surface area contributed by atoms with Gasteiger partial charge in [-0.25, -0.2) is 5.43 Å². The third-order valence-corrected chi connectivity index (χ3v) is 5.86. The maximum absolute atomic E-state index is 12.8. The summed E-state index contributed by atoms with van der Waals surface area (Å²) in [4.78, 5) is 12.8. The largest absolute Gasteiger partial charge is 0.503 e. The molecule has 3 aromatic rings. The van der Waals surface area contributed by atoms with Crippen LogP contribution in [-0.2, 0) is 10.3 Å². The summed E-state index contributed by atoms with van der Waals surface area (Å²) < 4.78 is 5.59. The zero-order chi connectivity index (χ0) is 22.6. The number of carbonyl (C=O) groups is 1. The number of carbonyl (C=O) groups excluding carboxylic acids is 1. The zero-order valence-corrected chi connectivity index (χ0v) is 18.8. The Bertz CT molecular complexity index is 1140. The molecule has 0 bridgehead atoms. The molecule has 8 heteroatoms. The molecule has 3 aromatic carbocycles. The van der Waals surface area contributed by atoms with Gasteiger partial charge in [-0.3, -0.25) is 10.2 Å². The van der Waals surface area contributed by atoms with Crippen LogP contribution in [-0.4, -0.2) is 30.0 Å². The van der Waals surface area contributed by atoms with Gasteiger partial charge >= 0.3 is 0 Å². The highest BCUT2D eigenvalue weighted by molar-refractivity contribution is 9.10. The number of methoxy groups -OCH3 is 1. The fourth-order valence-electron chi connectivity index (χ4n) is 3.62. The second-order valence-electron chi connectivity index (χ2n) is 7.24. The van der Waals surface area contributed by atoms with Gasteiger partial charge in [0.25, 0.3) is 5.91 Å². The number of nitrogens with zero attached hydrogens (tertiary/aromatic N) is 2. The molecule has 7 nitrogen and oxygen atoms in total. The van der Waals surface area contributed by atoms with Crippen molar-refractivity contribution < 1.29 is 14.6 Å². The molecular weight excluding hydrogens is 472 g/mol. The molecule has 0 atom stereocenters. The van der Waals surface area contributed by atoms with Gasteiger partial charge in [-0.1, -0.05) is 60.7 Å². The van der Waals surface area contributed by atoms with Crippen LogP contribution in [0.3, 0.4) is 0 Å². The lowest BCUT2D eigenvalue weighted by Gasteiger charge is -2.30. The quantitative estimate of drug-likeness (QED) is 0.359. The first kappa shape index (κ1) is 21.6. The molecular formula is C24H21BrN4O3. The Morgan fingerprint density at radius 2 is 1.78 bits per heavy atom. The van der Waals surface area contributed by atoms with E-state index in [1.807, 2.05) is 60.7 Å². The van der Waals surface area contributed by atoms with E-state index >= 15 is 0 Å². The first-order valence-electron chi connectivity index (χ1n) is 9.88. The number of amides is 1. The summed E-state index contributed by atoms with van der Waals surface area (Å²) in [6.45, 7) is 0. The van der Waals surface area contributed by atoms with Crippen LogP contribution in [0.1, 0.15) is 23.1 Å². The topological polar surface area (TPSA) is 95.3 Å². The molecule has 0 radical (unpaired) electrons. The van der Waals surface area contributed by atoms with Crippen LogP contribution in [0.15, 0.2) is 87.5 Å². The molecule has 0 unspecified atom stereocenters. The van der Waals surface area contributed by atoms with E-state index in [0.29, 0.717) is 27.9 Å². The van der Waals surface area contributed by atoms with Crippen molar-refractivity contribution in [3.05, 3.63) is 94.0 Å². The molecule has 3 N–H and O–H groups in total. The summed E-state index contributed by atoms with van der Waals surface area (Å²) >= 11 is 3.26. The van der Waals surface area contributed by atoms with Crippen molar-refractivity contribution >= 4 is 33.8 Å². The smallest absolute Gasteiger partial charge is 0.287 e. The van der Waals surface area contributed by atoms with Crippen LogP contribution in [0.2, 0.25) is 0 Å². The maximum Gasteiger partial charge on any atom is 0.287 e. The highest BCUT2D eigenvalue weighted by atomic mass is 79.9. The predicted molar refractivity (Wildman–Crippen MR) is 127 cm³/mol. The van der Waals surface area contributed by atoms with E-state index in [0.717, 1.165) is 11.1 Å². The Labute approximate surface area is 193 Å². The first-order valence-corrected chi connectivity index (χ1v) is 10.7. The number of hydrazone groups is 2. The highest BCUT2D eigenvalue weighted by Gasteiger charge is 2.41. The van der Waals surface area contributed by atoms with Crippen molar-refractivity contribution in [3.63, 3.8) is 0 Å². The number of nitrogens with one attached hydrogen (secondary N) is 2. The maximum atomic E-state index is 12.8. The van der Waals surface area contributed by atoms with Gasteiger partial charge in [0.1, 0.15) is 11.3 Å². The third-order valence-electron chi connectivity index (χ3n) is 5.26. The number of phenolic OH excluding ortho intramolecular Hbond substituents is 1. The van der Waals surface area contributed by atoms with Crippen LogP contribution in [0.25, 0.3) is 0 Å². The van der Waals surface area contributed by atoms with Crippen LogP contribution in [0, 0.1) is 0 Å². The zero-order valence-electron chi connectivity index (χ0n) is 17.2. The molecule has 32 heavy (non-hydrogen) atoms. The Hall–Kier alpha value is -3.65. The monoisotopic (exact) mass is 492 g/mol. The summed E-state index contributed by atoms with van der Waals surface area (Å²) in [5, 5.41) is 18.3. The molecule has 0 aromatic heterocycles. The van der Waals surface area contributed by atoms with E-state index in [1.54, 1.807) is 12.1 Å². The average molecular weight is 493 g/mol. The molecule has 1 aliphatic rings. The molecule has 0 saturated heterocycles. The number of hydrogen-bond donors (Lipinski definition) is 3. The Kier molecular flexibility index (Phi) is 6.23. The van der Waals surface area contributed by atoms with Crippen LogP contribution < -0.4 is 15.6 Å². The lowest BCUT2D eigenvalue weighted by atomic mass is 9.80. The van der Waals surface area contributed by atoms with Crippen molar-refractivity contribution in [1.29, 1.82) is 0 Å². The van der Waals surface area contributed by atoms with Gasteiger partial charge in [0.2, 0.25) is 0 Å². The van der Waals surface area contributed by atoms with Gasteiger partial charge in [0.05, 0.1) is 17.8 Å². The standard InChI is InChI=1S/C24H21BrN4O3/c1-32-21-13-16(12-19(25)22(21)30)15-26-28-23(31)20-14-24(29-27-20,17-8-4-2-5-9-17)18-10-6-3-7-11-18/h2-13,15,29-30H,14H2,1H3,(H,28,31). The normalized spacial score (nSPS) is 14.6. The summed E-state index contributed by atoms with van der Waals surface area (Å²) in [6, 6.07) is 23.1. The van der Waals surface area contributed by atoms with E-state index in [-0.39, 0.29) is 5.75 Å². The van der Waals surface area contributed by atoms with Gasteiger partial charge in [0, 0.05) is 6.42 Å². The predicted octanol–water partition coefficient (Wildman–Crippen LogP) is 3.91. The number of ether oxygens (including phenoxy) is 1. The van der Waals surface area contributed by atoms with Crippen molar-refractivity contribution in [2.75, 3.05) is 7.11 Å².